The van der Waals surface area contributed by atoms with Crippen LogP contribution < -0.4 is 9.47 Å². The van der Waals surface area contributed by atoms with Crippen LogP contribution in [0.25, 0.3) is 10.1 Å². The van der Waals surface area contributed by atoms with Gasteiger partial charge in [0.1, 0.15) is 23.7 Å². The molecule has 47 heavy (non-hydrogen) atoms. The molecule has 2 heterocycles. The van der Waals surface area contributed by atoms with E-state index in [1.165, 1.54) is 20.5 Å². The van der Waals surface area contributed by atoms with Crippen LogP contribution in [0.1, 0.15) is 120 Å². The molecule has 4 atom stereocenters. The van der Waals surface area contributed by atoms with Gasteiger partial charge in [-0.15, -0.1) is 11.3 Å². The molecule has 0 unspecified atom stereocenters. The van der Waals surface area contributed by atoms with E-state index in [-0.39, 0.29) is 29.8 Å². The van der Waals surface area contributed by atoms with Crippen LogP contribution in [0, 0.1) is 0 Å². The summed E-state index contributed by atoms with van der Waals surface area (Å²) >= 11 is 1.90. The van der Waals surface area contributed by atoms with Gasteiger partial charge in [-0.2, -0.15) is 0 Å². The summed E-state index contributed by atoms with van der Waals surface area (Å²) in [4.78, 5) is 1.39. The molecule has 1 aromatic heterocycles. The molecule has 0 radical (unpaired) electrons. The molecule has 0 bridgehead atoms. The largest absolute Gasteiger partial charge is 0.496 e. The first kappa shape index (κ1) is 36.1. The highest BCUT2D eigenvalue weighted by atomic mass is 32.1. The molecule has 1 saturated carbocycles. The topological polar surface area (TPSA) is 55.4 Å². The summed E-state index contributed by atoms with van der Waals surface area (Å²) in [6.45, 7) is 12.1. The van der Waals surface area contributed by atoms with Crippen molar-refractivity contribution < 1.29 is 28.4 Å². The van der Waals surface area contributed by atoms with Gasteiger partial charge in [0.2, 0.25) is 0 Å². The van der Waals surface area contributed by atoms with Gasteiger partial charge >= 0.3 is 0 Å². The minimum atomic E-state index is -0.355. The summed E-state index contributed by atoms with van der Waals surface area (Å²) in [5, 5.41) is 1.30. The number of hydrogen-bond donors (Lipinski definition) is 0. The number of rotatable bonds is 21. The van der Waals surface area contributed by atoms with E-state index in [2.05, 4.69) is 70.2 Å². The van der Waals surface area contributed by atoms with Crippen LogP contribution in [0.3, 0.4) is 0 Å². The Morgan fingerprint density at radius 2 is 1.51 bits per heavy atom. The summed E-state index contributed by atoms with van der Waals surface area (Å²) in [5.41, 5.74) is 2.16. The maximum Gasteiger partial charge on any atom is 0.128 e. The zero-order valence-corrected chi connectivity index (χ0v) is 30.3. The van der Waals surface area contributed by atoms with E-state index in [1.807, 2.05) is 11.3 Å². The lowest BCUT2D eigenvalue weighted by Crippen LogP contribution is -2.48. The van der Waals surface area contributed by atoms with Crippen LogP contribution in [0.2, 0.25) is 0 Å². The number of hydrogen-bond acceptors (Lipinski definition) is 7. The number of benzene rings is 2. The third-order valence-corrected chi connectivity index (χ3v) is 11.0. The average molecular weight is 667 g/mol. The maximum atomic E-state index is 7.05. The van der Waals surface area contributed by atoms with E-state index in [0.717, 1.165) is 94.3 Å². The van der Waals surface area contributed by atoms with Gasteiger partial charge in [-0.1, -0.05) is 71.6 Å². The van der Waals surface area contributed by atoms with E-state index in [1.54, 1.807) is 7.11 Å². The smallest absolute Gasteiger partial charge is 0.128 e. The lowest BCUT2D eigenvalue weighted by atomic mass is 9.86. The first-order valence-electron chi connectivity index (χ1n) is 18.4. The Labute approximate surface area is 287 Å². The van der Waals surface area contributed by atoms with Crippen molar-refractivity contribution in [2.24, 2.45) is 0 Å². The van der Waals surface area contributed by atoms with E-state index in [4.69, 9.17) is 28.4 Å². The molecule has 0 amide bonds. The van der Waals surface area contributed by atoms with Gasteiger partial charge in [0.15, 0.2) is 0 Å². The summed E-state index contributed by atoms with van der Waals surface area (Å²) < 4.78 is 40.7. The summed E-state index contributed by atoms with van der Waals surface area (Å²) in [5.74, 6) is 1.70. The molecule has 3 aromatic rings. The van der Waals surface area contributed by atoms with Gasteiger partial charge in [-0.05, 0) is 62.1 Å². The third kappa shape index (κ3) is 8.90. The quantitative estimate of drug-likeness (QED) is 0.106. The summed E-state index contributed by atoms with van der Waals surface area (Å²) in [6, 6.07) is 15.5. The standard InChI is InChI=1S/C40H58O6S/c1-6-10-20-42-28-30-25-35(44-22-12-8-3)39(45-23-13-9-4)38(46-30)31-26-32(34(41-5)27-33(31)43-21-11-7-2)40(18-19-40)37-24-29-16-14-15-17-36(29)47-37/h14-17,24,26-27,30,35,38-39H,6-13,18-23,25,28H2,1-5H3/t30-,35-,38-,39+/m0/s1. The lowest BCUT2D eigenvalue weighted by Gasteiger charge is -2.42. The second kappa shape index (κ2) is 18.0. The molecular weight excluding hydrogens is 609 g/mol. The Balaban J connectivity index is 1.58. The van der Waals surface area contributed by atoms with Crippen LogP contribution in [0.5, 0.6) is 11.5 Å². The van der Waals surface area contributed by atoms with Crippen LogP contribution in [-0.2, 0) is 24.4 Å². The fraction of sp³-hybridized carbons (Fsp3) is 0.650. The van der Waals surface area contributed by atoms with Crippen molar-refractivity contribution in [3.63, 3.8) is 0 Å². The number of fused-ring (bicyclic) bond motifs is 1. The Hall–Kier alpha value is -2.16. The van der Waals surface area contributed by atoms with Crippen molar-refractivity contribution in [2.75, 3.05) is 40.1 Å². The Bertz CT molecular complexity index is 1330. The third-order valence-electron chi connectivity index (χ3n) is 9.64. The molecule has 0 N–H and O–H groups in total. The first-order valence-corrected chi connectivity index (χ1v) is 19.2. The normalized spacial score (nSPS) is 22.1. The van der Waals surface area contributed by atoms with Gasteiger partial charge in [-0.3, -0.25) is 0 Å². The van der Waals surface area contributed by atoms with Crippen LogP contribution in [0.4, 0.5) is 0 Å². The van der Waals surface area contributed by atoms with Crippen LogP contribution in [0.15, 0.2) is 42.5 Å². The molecule has 6 nitrogen and oxygen atoms in total. The zero-order valence-electron chi connectivity index (χ0n) is 29.5. The Kier molecular flexibility index (Phi) is 13.8. The minimum Gasteiger partial charge on any atom is -0.496 e. The van der Waals surface area contributed by atoms with Crippen molar-refractivity contribution in [1.29, 1.82) is 0 Å². The first-order chi connectivity index (χ1) is 23.1. The molecule has 7 heteroatoms. The van der Waals surface area contributed by atoms with E-state index in [9.17, 15) is 0 Å². The molecule has 2 aliphatic rings. The molecule has 5 rings (SSSR count). The van der Waals surface area contributed by atoms with Crippen molar-refractivity contribution in [2.45, 2.75) is 128 Å². The summed E-state index contributed by atoms with van der Waals surface area (Å²) in [6.07, 6.45) is 10.5. The highest BCUT2D eigenvalue weighted by Gasteiger charge is 2.50. The monoisotopic (exact) mass is 666 g/mol. The van der Waals surface area contributed by atoms with Crippen molar-refractivity contribution in [3.05, 3.63) is 58.5 Å². The SMILES string of the molecule is CCCCOC[C@@H]1C[C@H](OCCCC)[C@@H](OCCCC)[C@H](c2cc(C3(c4cc5ccccc5s4)CC3)c(OC)cc2OCCCC)O1. The van der Waals surface area contributed by atoms with Gasteiger partial charge < -0.3 is 28.4 Å². The molecule has 0 spiro atoms. The molecular formula is C40H58O6S. The second-order valence-electron chi connectivity index (χ2n) is 13.3. The van der Waals surface area contributed by atoms with E-state index in [0.29, 0.717) is 26.4 Å². The molecule has 2 fully saturated rings. The molecule has 1 aliphatic carbocycles. The van der Waals surface area contributed by atoms with Gasteiger partial charge in [0.05, 0.1) is 32.5 Å². The highest BCUT2D eigenvalue weighted by Crippen LogP contribution is 2.59. The fourth-order valence-electron chi connectivity index (χ4n) is 6.63. The predicted octanol–water partition coefficient (Wildman–Crippen LogP) is 10.2. The van der Waals surface area contributed by atoms with Gasteiger partial charge in [0, 0.05) is 58.4 Å². The van der Waals surface area contributed by atoms with Gasteiger partial charge in [-0.25, -0.2) is 0 Å². The number of unbranched alkanes of at least 4 members (excludes halogenated alkanes) is 4. The average Bonchev–Trinajstić information content (AvgIpc) is 3.78. The van der Waals surface area contributed by atoms with E-state index >= 15 is 0 Å². The van der Waals surface area contributed by atoms with Crippen molar-refractivity contribution in [1.82, 2.24) is 0 Å². The number of methoxy groups -OCH3 is 1. The number of thiophene rings is 1. The molecule has 2 aromatic carbocycles. The fourth-order valence-corrected chi connectivity index (χ4v) is 7.96. The zero-order chi connectivity index (χ0) is 33.1. The lowest BCUT2D eigenvalue weighted by molar-refractivity contribution is -0.213. The number of ether oxygens (including phenoxy) is 6. The van der Waals surface area contributed by atoms with E-state index < -0.39 is 0 Å². The molecule has 1 saturated heterocycles. The minimum absolute atomic E-state index is 0.0847. The van der Waals surface area contributed by atoms with Crippen LogP contribution >= 0.6 is 11.3 Å². The van der Waals surface area contributed by atoms with Crippen molar-refractivity contribution in [3.8, 4) is 11.5 Å². The maximum absolute atomic E-state index is 7.05. The van der Waals surface area contributed by atoms with Crippen molar-refractivity contribution >= 4 is 21.4 Å². The second-order valence-corrected chi connectivity index (χ2v) is 14.4. The van der Waals surface area contributed by atoms with Crippen LogP contribution in [-0.4, -0.2) is 58.5 Å². The molecule has 260 valence electrons. The Morgan fingerprint density at radius 3 is 2.21 bits per heavy atom. The highest BCUT2D eigenvalue weighted by molar-refractivity contribution is 7.19. The van der Waals surface area contributed by atoms with Gasteiger partial charge in [0.25, 0.3) is 0 Å². The Morgan fingerprint density at radius 1 is 0.809 bits per heavy atom. The predicted molar refractivity (Wildman–Crippen MR) is 192 cm³/mol. The molecule has 1 aliphatic heterocycles. The summed E-state index contributed by atoms with van der Waals surface area (Å²) in [7, 11) is 1.78.